The zero-order valence-corrected chi connectivity index (χ0v) is 15.4. The number of hydrogen-bond donors (Lipinski definition) is 0. The summed E-state index contributed by atoms with van der Waals surface area (Å²) in [6.07, 6.45) is 3.63. The van der Waals surface area contributed by atoms with E-state index in [4.69, 9.17) is 14.2 Å². The topological polar surface area (TPSA) is 48.0 Å². The van der Waals surface area contributed by atoms with Crippen molar-refractivity contribution in [3.05, 3.63) is 22.8 Å². The first-order valence-electron chi connectivity index (χ1n) is 9.34. The normalized spacial score (nSPS) is 19.9. The molecule has 5 nitrogen and oxygen atoms in total. The molecule has 1 aromatic rings. The van der Waals surface area contributed by atoms with Crippen LogP contribution in [0.4, 0.5) is 4.79 Å². The molecule has 4 rings (SSSR count). The third-order valence-electron chi connectivity index (χ3n) is 5.25. The summed E-state index contributed by atoms with van der Waals surface area (Å²) in [5.41, 5.74) is 3.52. The third-order valence-corrected chi connectivity index (χ3v) is 5.25. The summed E-state index contributed by atoms with van der Waals surface area (Å²) >= 11 is 0. The summed E-state index contributed by atoms with van der Waals surface area (Å²) in [5, 5.41) is 0. The summed E-state index contributed by atoms with van der Waals surface area (Å²) in [6.45, 7) is 8.73. The minimum atomic E-state index is -0.444. The molecule has 3 aliphatic heterocycles. The molecule has 0 atom stereocenters. The van der Waals surface area contributed by atoms with Crippen LogP contribution < -0.4 is 9.47 Å². The van der Waals surface area contributed by atoms with Crippen molar-refractivity contribution in [3.8, 4) is 11.5 Å². The van der Waals surface area contributed by atoms with E-state index in [1.165, 1.54) is 16.7 Å². The van der Waals surface area contributed by atoms with Crippen molar-refractivity contribution >= 4 is 6.09 Å². The Morgan fingerprint density at radius 3 is 2.60 bits per heavy atom. The largest absolute Gasteiger partial charge is 0.493 e. The number of benzene rings is 1. The van der Waals surface area contributed by atoms with E-state index in [-0.39, 0.29) is 6.09 Å². The van der Waals surface area contributed by atoms with Gasteiger partial charge in [-0.3, -0.25) is 0 Å². The highest BCUT2D eigenvalue weighted by atomic mass is 16.6. The predicted molar refractivity (Wildman–Crippen MR) is 94.6 cm³/mol. The van der Waals surface area contributed by atoms with Crippen molar-refractivity contribution < 1.29 is 19.0 Å². The lowest BCUT2D eigenvalue weighted by molar-refractivity contribution is 0.0204. The van der Waals surface area contributed by atoms with E-state index in [0.717, 1.165) is 63.5 Å². The molecule has 3 aliphatic rings. The average molecular weight is 345 g/mol. The van der Waals surface area contributed by atoms with Gasteiger partial charge >= 0.3 is 6.09 Å². The van der Waals surface area contributed by atoms with Crippen molar-refractivity contribution in [2.24, 2.45) is 0 Å². The lowest BCUT2D eigenvalue weighted by Crippen LogP contribution is -2.41. The molecule has 0 bridgehead atoms. The van der Waals surface area contributed by atoms with Gasteiger partial charge in [-0.1, -0.05) is 0 Å². The first-order valence-corrected chi connectivity index (χ1v) is 9.34. The fraction of sp³-hybridized carbons (Fsp3) is 0.650. The minimum Gasteiger partial charge on any atom is -0.493 e. The SMILES string of the molecule is CC(C)(C)OC(=O)N1CCC(c2c3c(cc4c2OCC4)OCC3)CC1. The average Bonchev–Trinajstić information content (AvgIpc) is 3.19. The first-order chi connectivity index (χ1) is 11.9. The van der Waals surface area contributed by atoms with E-state index in [1.807, 2.05) is 25.7 Å². The van der Waals surface area contributed by atoms with Crippen LogP contribution in [0, 0.1) is 0 Å². The Morgan fingerprint density at radius 1 is 1.16 bits per heavy atom. The molecule has 3 heterocycles. The van der Waals surface area contributed by atoms with Crippen LogP contribution in [0.15, 0.2) is 6.07 Å². The second kappa shape index (κ2) is 6.11. The molecule has 0 aliphatic carbocycles. The van der Waals surface area contributed by atoms with E-state index in [0.29, 0.717) is 5.92 Å². The van der Waals surface area contributed by atoms with Gasteiger partial charge in [0, 0.05) is 42.6 Å². The van der Waals surface area contributed by atoms with Gasteiger partial charge in [0.2, 0.25) is 0 Å². The number of carbonyl (C=O) groups is 1. The Balaban J connectivity index is 1.51. The van der Waals surface area contributed by atoms with E-state index < -0.39 is 5.60 Å². The van der Waals surface area contributed by atoms with Gasteiger partial charge in [0.15, 0.2) is 0 Å². The highest BCUT2D eigenvalue weighted by Gasteiger charge is 2.34. The molecule has 136 valence electrons. The molecule has 1 aromatic carbocycles. The quantitative estimate of drug-likeness (QED) is 0.779. The summed E-state index contributed by atoms with van der Waals surface area (Å²) in [7, 11) is 0. The molecule has 25 heavy (non-hydrogen) atoms. The fourth-order valence-electron chi connectivity index (χ4n) is 4.13. The Hall–Kier alpha value is -1.91. The molecule has 5 heteroatoms. The number of fused-ring (bicyclic) bond motifs is 2. The van der Waals surface area contributed by atoms with Crippen molar-refractivity contribution in [1.29, 1.82) is 0 Å². The fourth-order valence-corrected chi connectivity index (χ4v) is 4.13. The molecule has 0 radical (unpaired) electrons. The first kappa shape index (κ1) is 16.6. The lowest BCUT2D eigenvalue weighted by Gasteiger charge is -2.34. The van der Waals surface area contributed by atoms with Gasteiger partial charge in [-0.15, -0.1) is 0 Å². The van der Waals surface area contributed by atoms with Gasteiger partial charge < -0.3 is 19.1 Å². The zero-order valence-electron chi connectivity index (χ0n) is 15.4. The summed E-state index contributed by atoms with van der Waals surface area (Å²) in [4.78, 5) is 14.1. The third kappa shape index (κ3) is 3.16. The van der Waals surface area contributed by atoms with Crippen LogP contribution >= 0.6 is 0 Å². The van der Waals surface area contributed by atoms with Gasteiger partial charge in [-0.25, -0.2) is 4.79 Å². The molecule has 0 N–H and O–H groups in total. The predicted octanol–water partition coefficient (Wildman–Crippen LogP) is 3.67. The van der Waals surface area contributed by atoms with Crippen LogP contribution in [-0.4, -0.2) is 42.9 Å². The molecule has 0 saturated carbocycles. The monoisotopic (exact) mass is 345 g/mol. The Morgan fingerprint density at radius 2 is 1.88 bits per heavy atom. The van der Waals surface area contributed by atoms with E-state index in [9.17, 15) is 4.79 Å². The summed E-state index contributed by atoms with van der Waals surface area (Å²) < 4.78 is 17.3. The highest BCUT2D eigenvalue weighted by molar-refractivity contribution is 5.68. The number of likely N-dealkylation sites (tertiary alicyclic amines) is 1. The standard InChI is InChI=1S/C20H27NO4/c1-20(2,3)25-19(22)21-8-4-13(5-9-21)17-15-7-11-23-16(15)12-14-6-10-24-18(14)17/h12-13H,4-11H2,1-3H3. The van der Waals surface area contributed by atoms with E-state index >= 15 is 0 Å². The van der Waals surface area contributed by atoms with Crippen molar-refractivity contribution in [1.82, 2.24) is 4.90 Å². The Bertz CT molecular complexity index is 652. The van der Waals surface area contributed by atoms with Gasteiger partial charge in [0.25, 0.3) is 0 Å². The van der Waals surface area contributed by atoms with E-state index in [1.54, 1.807) is 0 Å². The molecular formula is C20H27NO4. The van der Waals surface area contributed by atoms with Gasteiger partial charge in [-0.05, 0) is 45.6 Å². The van der Waals surface area contributed by atoms with Crippen LogP contribution in [0.1, 0.15) is 56.2 Å². The lowest BCUT2D eigenvalue weighted by atomic mass is 9.84. The maximum absolute atomic E-state index is 12.3. The molecule has 0 spiro atoms. The Labute approximate surface area is 149 Å². The molecular weight excluding hydrogens is 318 g/mol. The van der Waals surface area contributed by atoms with Crippen LogP contribution in [0.2, 0.25) is 0 Å². The Kier molecular flexibility index (Phi) is 4.05. The van der Waals surface area contributed by atoms with Crippen LogP contribution in [-0.2, 0) is 17.6 Å². The maximum Gasteiger partial charge on any atom is 0.410 e. The van der Waals surface area contributed by atoms with Crippen molar-refractivity contribution in [2.75, 3.05) is 26.3 Å². The molecule has 0 unspecified atom stereocenters. The molecule has 1 amide bonds. The number of nitrogens with zero attached hydrogens (tertiary/aromatic N) is 1. The van der Waals surface area contributed by atoms with E-state index in [2.05, 4.69) is 6.07 Å². The second-order valence-electron chi connectivity index (χ2n) is 8.19. The van der Waals surface area contributed by atoms with Crippen LogP contribution in [0.3, 0.4) is 0 Å². The number of hydrogen-bond acceptors (Lipinski definition) is 4. The van der Waals surface area contributed by atoms with Crippen LogP contribution in [0.5, 0.6) is 11.5 Å². The number of piperidine rings is 1. The maximum atomic E-state index is 12.3. The number of carbonyl (C=O) groups excluding carboxylic acids is 1. The van der Waals surface area contributed by atoms with Crippen molar-refractivity contribution in [2.45, 2.75) is 58.0 Å². The molecule has 0 aromatic heterocycles. The van der Waals surface area contributed by atoms with Gasteiger partial charge in [0.1, 0.15) is 17.1 Å². The van der Waals surface area contributed by atoms with Gasteiger partial charge in [0.05, 0.1) is 13.2 Å². The number of rotatable bonds is 1. The summed E-state index contributed by atoms with van der Waals surface area (Å²) in [5.74, 6) is 2.58. The molecule has 1 fully saturated rings. The minimum absolute atomic E-state index is 0.200. The second-order valence-corrected chi connectivity index (χ2v) is 8.19. The van der Waals surface area contributed by atoms with Crippen LogP contribution in [0.25, 0.3) is 0 Å². The van der Waals surface area contributed by atoms with Crippen molar-refractivity contribution in [3.63, 3.8) is 0 Å². The number of amides is 1. The molecule has 1 saturated heterocycles. The highest BCUT2D eigenvalue weighted by Crippen LogP contribution is 2.46. The zero-order chi connectivity index (χ0) is 17.6. The summed E-state index contributed by atoms with van der Waals surface area (Å²) in [6, 6.07) is 2.17. The van der Waals surface area contributed by atoms with Gasteiger partial charge in [-0.2, -0.15) is 0 Å². The smallest absolute Gasteiger partial charge is 0.410 e. The number of ether oxygens (including phenoxy) is 3.